The standard InChI is InChI=1S/C24H21FN6O3/c1-2-19(32)30-11-10-14(13-30)21-20-22(23(26)27-28-24(20)33)31(29-21)16-6-8-17(9-7-16)34-18-5-3-4-15(25)12-18/h2-9,12,14H,1,10-11,13H2,(H2,26,27)(H,28,33)/t14-/m0/s1. The second-order valence-electron chi connectivity index (χ2n) is 7.99. The maximum absolute atomic E-state index is 13.4. The average molecular weight is 460 g/mol. The van der Waals surface area contributed by atoms with E-state index < -0.39 is 11.4 Å². The van der Waals surface area contributed by atoms with Gasteiger partial charge in [0.15, 0.2) is 5.82 Å². The van der Waals surface area contributed by atoms with Gasteiger partial charge in [0.25, 0.3) is 5.56 Å². The first-order valence-corrected chi connectivity index (χ1v) is 10.7. The monoisotopic (exact) mass is 460 g/mol. The number of benzene rings is 2. The Morgan fingerprint density at radius 3 is 2.76 bits per heavy atom. The molecule has 172 valence electrons. The maximum Gasteiger partial charge on any atom is 0.275 e. The lowest BCUT2D eigenvalue weighted by Crippen LogP contribution is -2.26. The number of carbonyl (C=O) groups is 1. The summed E-state index contributed by atoms with van der Waals surface area (Å²) in [7, 11) is 0. The van der Waals surface area contributed by atoms with Gasteiger partial charge in [0.1, 0.15) is 22.8 Å². The predicted molar refractivity (Wildman–Crippen MR) is 125 cm³/mol. The van der Waals surface area contributed by atoms with E-state index in [-0.39, 0.29) is 17.6 Å². The fourth-order valence-corrected chi connectivity index (χ4v) is 4.22. The van der Waals surface area contributed by atoms with E-state index in [9.17, 15) is 14.0 Å². The summed E-state index contributed by atoms with van der Waals surface area (Å²) in [5.74, 6) is 0.327. The molecule has 1 aliphatic rings. The van der Waals surface area contributed by atoms with E-state index >= 15 is 0 Å². The van der Waals surface area contributed by atoms with E-state index in [1.807, 2.05) is 0 Å². The molecule has 2 aromatic carbocycles. The number of ether oxygens (including phenoxy) is 1. The molecular weight excluding hydrogens is 439 g/mol. The number of H-pyrrole nitrogens is 1. The zero-order chi connectivity index (χ0) is 23.8. The molecule has 4 aromatic rings. The molecule has 1 aliphatic heterocycles. The minimum Gasteiger partial charge on any atom is -0.457 e. The molecule has 1 atom stereocenters. The number of aromatic amines is 1. The number of nitrogens with zero attached hydrogens (tertiary/aromatic N) is 4. The average Bonchev–Trinajstić information content (AvgIpc) is 3.48. The molecule has 0 bridgehead atoms. The molecule has 1 fully saturated rings. The quantitative estimate of drug-likeness (QED) is 0.442. The molecule has 0 unspecified atom stereocenters. The Morgan fingerprint density at radius 2 is 2.03 bits per heavy atom. The van der Waals surface area contributed by atoms with Crippen molar-refractivity contribution in [3.05, 3.63) is 83.1 Å². The molecule has 0 aliphatic carbocycles. The van der Waals surface area contributed by atoms with Crippen molar-refractivity contribution in [3.63, 3.8) is 0 Å². The van der Waals surface area contributed by atoms with Crippen LogP contribution in [0.3, 0.4) is 0 Å². The van der Waals surface area contributed by atoms with Crippen molar-refractivity contribution in [2.75, 3.05) is 18.8 Å². The van der Waals surface area contributed by atoms with Crippen molar-refractivity contribution in [3.8, 4) is 17.2 Å². The first kappa shape index (κ1) is 21.4. The molecule has 1 saturated heterocycles. The summed E-state index contributed by atoms with van der Waals surface area (Å²) in [6.07, 6.45) is 1.94. The second-order valence-corrected chi connectivity index (χ2v) is 7.99. The van der Waals surface area contributed by atoms with Crippen LogP contribution >= 0.6 is 0 Å². The van der Waals surface area contributed by atoms with Crippen molar-refractivity contribution in [1.82, 2.24) is 24.9 Å². The van der Waals surface area contributed by atoms with Crippen LogP contribution in [0.4, 0.5) is 10.2 Å². The third kappa shape index (κ3) is 3.79. The van der Waals surface area contributed by atoms with Gasteiger partial charge in [-0.3, -0.25) is 9.59 Å². The zero-order valence-corrected chi connectivity index (χ0v) is 18.1. The number of likely N-dealkylation sites (tertiary alicyclic amines) is 1. The van der Waals surface area contributed by atoms with Gasteiger partial charge in [-0.25, -0.2) is 14.2 Å². The van der Waals surface area contributed by atoms with Gasteiger partial charge in [-0.2, -0.15) is 10.2 Å². The molecule has 9 nitrogen and oxygen atoms in total. The van der Waals surface area contributed by atoms with Gasteiger partial charge < -0.3 is 15.4 Å². The molecule has 2 aromatic heterocycles. The fourth-order valence-electron chi connectivity index (χ4n) is 4.22. The van der Waals surface area contributed by atoms with Gasteiger partial charge >= 0.3 is 0 Å². The lowest BCUT2D eigenvalue weighted by molar-refractivity contribution is -0.125. The van der Waals surface area contributed by atoms with Crippen LogP contribution in [0, 0.1) is 5.82 Å². The summed E-state index contributed by atoms with van der Waals surface area (Å²) < 4.78 is 20.7. The molecule has 0 spiro atoms. The van der Waals surface area contributed by atoms with Gasteiger partial charge in [-0.05, 0) is 48.9 Å². The van der Waals surface area contributed by atoms with E-state index in [0.717, 1.165) is 0 Å². The molecule has 34 heavy (non-hydrogen) atoms. The van der Waals surface area contributed by atoms with Gasteiger partial charge in [-0.1, -0.05) is 12.6 Å². The van der Waals surface area contributed by atoms with Crippen molar-refractivity contribution >= 4 is 22.6 Å². The Hall–Kier alpha value is -4.47. The highest BCUT2D eigenvalue weighted by Crippen LogP contribution is 2.33. The number of fused-ring (bicyclic) bond motifs is 1. The number of hydrogen-bond acceptors (Lipinski definition) is 6. The summed E-state index contributed by atoms with van der Waals surface area (Å²) in [6.45, 7) is 4.52. The molecule has 0 saturated carbocycles. The normalized spacial score (nSPS) is 15.6. The largest absolute Gasteiger partial charge is 0.457 e. The van der Waals surface area contributed by atoms with Crippen molar-refractivity contribution < 1.29 is 13.9 Å². The third-order valence-corrected chi connectivity index (χ3v) is 5.83. The number of nitrogens with two attached hydrogens (primary N) is 1. The topological polar surface area (TPSA) is 119 Å². The summed E-state index contributed by atoms with van der Waals surface area (Å²) >= 11 is 0. The summed E-state index contributed by atoms with van der Waals surface area (Å²) in [4.78, 5) is 26.5. The molecule has 3 N–H and O–H groups in total. The third-order valence-electron chi connectivity index (χ3n) is 5.83. The molecular formula is C24H21FN6O3. The maximum atomic E-state index is 13.4. The van der Waals surface area contributed by atoms with Crippen LogP contribution in [0.25, 0.3) is 16.6 Å². The molecule has 3 heterocycles. The predicted octanol–water partition coefficient (Wildman–Crippen LogP) is 3.12. The van der Waals surface area contributed by atoms with Crippen LogP contribution in [0.15, 0.2) is 66.0 Å². The van der Waals surface area contributed by atoms with Crippen LogP contribution in [-0.2, 0) is 4.79 Å². The Labute approximate surface area is 193 Å². The Bertz CT molecular complexity index is 1460. The fraction of sp³-hybridized carbons (Fsp3) is 0.167. The molecule has 10 heteroatoms. The van der Waals surface area contributed by atoms with E-state index in [0.29, 0.717) is 53.3 Å². The van der Waals surface area contributed by atoms with Crippen LogP contribution in [0.1, 0.15) is 18.0 Å². The van der Waals surface area contributed by atoms with E-state index in [4.69, 9.17) is 15.6 Å². The number of halogens is 1. The number of nitrogen functional groups attached to an aromatic ring is 1. The van der Waals surface area contributed by atoms with E-state index in [2.05, 4.69) is 16.8 Å². The van der Waals surface area contributed by atoms with Gasteiger partial charge in [0, 0.05) is 25.1 Å². The second kappa shape index (κ2) is 8.47. The first-order valence-electron chi connectivity index (χ1n) is 10.7. The van der Waals surface area contributed by atoms with Gasteiger partial charge in [0.05, 0.1) is 16.8 Å². The van der Waals surface area contributed by atoms with Crippen molar-refractivity contribution in [2.24, 2.45) is 0 Å². The molecule has 5 rings (SSSR count). The SMILES string of the molecule is C=CC(=O)N1CC[C@H](c2nn(-c3ccc(Oc4cccc(F)c4)cc3)c3c(N)n[nH]c(=O)c23)C1. The van der Waals surface area contributed by atoms with E-state index in [1.165, 1.54) is 18.2 Å². The zero-order valence-electron chi connectivity index (χ0n) is 18.1. The van der Waals surface area contributed by atoms with Crippen LogP contribution in [-0.4, -0.2) is 43.9 Å². The number of aromatic nitrogens is 4. The minimum absolute atomic E-state index is 0.130. The molecule has 0 radical (unpaired) electrons. The highest BCUT2D eigenvalue weighted by molar-refractivity contribution is 5.91. The summed E-state index contributed by atoms with van der Waals surface area (Å²) in [6, 6.07) is 12.8. The Balaban J connectivity index is 1.53. The number of carbonyl (C=O) groups excluding carboxylic acids is 1. The Kier molecular flexibility index (Phi) is 5.33. The number of nitrogens with one attached hydrogen (secondary N) is 1. The Morgan fingerprint density at radius 1 is 1.24 bits per heavy atom. The number of anilines is 1. The number of amides is 1. The van der Waals surface area contributed by atoms with Crippen LogP contribution in [0.5, 0.6) is 11.5 Å². The van der Waals surface area contributed by atoms with Crippen molar-refractivity contribution in [1.29, 1.82) is 0 Å². The minimum atomic E-state index is -0.398. The summed E-state index contributed by atoms with van der Waals surface area (Å²) in [5.41, 5.74) is 7.33. The lowest BCUT2D eigenvalue weighted by atomic mass is 10.0. The highest BCUT2D eigenvalue weighted by atomic mass is 19.1. The lowest BCUT2D eigenvalue weighted by Gasteiger charge is -2.13. The van der Waals surface area contributed by atoms with Crippen molar-refractivity contribution in [2.45, 2.75) is 12.3 Å². The first-order chi connectivity index (χ1) is 16.4. The number of hydrogen-bond donors (Lipinski definition) is 2. The van der Waals surface area contributed by atoms with Gasteiger partial charge in [-0.15, -0.1) is 0 Å². The van der Waals surface area contributed by atoms with Gasteiger partial charge in [0.2, 0.25) is 5.91 Å². The van der Waals surface area contributed by atoms with Crippen LogP contribution < -0.4 is 16.0 Å². The smallest absolute Gasteiger partial charge is 0.275 e. The van der Waals surface area contributed by atoms with Crippen LogP contribution in [0.2, 0.25) is 0 Å². The highest BCUT2D eigenvalue weighted by Gasteiger charge is 2.31. The van der Waals surface area contributed by atoms with E-state index in [1.54, 1.807) is 46.0 Å². The molecule has 1 amide bonds. The summed E-state index contributed by atoms with van der Waals surface area (Å²) in [5, 5.41) is 11.4. The number of rotatable bonds is 5.